The molecule has 4 heteroatoms. The van der Waals surface area contributed by atoms with Crippen LogP contribution in [-0.2, 0) is 0 Å². The van der Waals surface area contributed by atoms with E-state index in [1.165, 1.54) is 11.1 Å². The van der Waals surface area contributed by atoms with Crippen LogP contribution >= 0.6 is 0 Å². The molecule has 0 amide bonds. The third-order valence-electron chi connectivity index (χ3n) is 5.01. The molecule has 126 valence electrons. The summed E-state index contributed by atoms with van der Waals surface area (Å²) >= 11 is 0. The minimum Gasteiger partial charge on any atom is -0.454 e. The summed E-state index contributed by atoms with van der Waals surface area (Å²) in [5, 5.41) is 0. The van der Waals surface area contributed by atoms with E-state index in [4.69, 9.17) is 18.9 Å². The molecule has 0 saturated carbocycles. The zero-order chi connectivity index (χ0) is 16.5. The Morgan fingerprint density at radius 2 is 1.08 bits per heavy atom. The second-order valence-corrected chi connectivity index (χ2v) is 6.25. The molecule has 0 saturated heterocycles. The fourth-order valence-electron chi connectivity index (χ4n) is 3.79. The van der Waals surface area contributed by atoms with E-state index in [1.807, 2.05) is 12.1 Å². The first kappa shape index (κ1) is 15.2. The van der Waals surface area contributed by atoms with Crippen molar-refractivity contribution in [2.75, 3.05) is 13.6 Å². The van der Waals surface area contributed by atoms with Gasteiger partial charge in [-0.05, 0) is 60.1 Å². The van der Waals surface area contributed by atoms with Gasteiger partial charge in [-0.2, -0.15) is 0 Å². The number of benzene rings is 2. The third-order valence-corrected chi connectivity index (χ3v) is 5.01. The zero-order valence-electron chi connectivity index (χ0n) is 14.1. The Morgan fingerprint density at radius 1 is 0.667 bits per heavy atom. The molecule has 0 spiro atoms. The quantitative estimate of drug-likeness (QED) is 0.788. The van der Waals surface area contributed by atoms with Gasteiger partial charge >= 0.3 is 0 Å². The molecule has 2 unspecified atom stereocenters. The van der Waals surface area contributed by atoms with Gasteiger partial charge in [0.1, 0.15) is 0 Å². The van der Waals surface area contributed by atoms with Crippen LogP contribution in [0.3, 0.4) is 0 Å². The van der Waals surface area contributed by atoms with Crippen molar-refractivity contribution in [2.24, 2.45) is 0 Å². The highest BCUT2D eigenvalue weighted by Crippen LogP contribution is 2.44. The Hall–Kier alpha value is -2.36. The van der Waals surface area contributed by atoms with E-state index in [0.29, 0.717) is 25.4 Å². The van der Waals surface area contributed by atoms with Crippen LogP contribution in [0.5, 0.6) is 23.0 Å². The van der Waals surface area contributed by atoms with Crippen molar-refractivity contribution in [2.45, 2.75) is 38.5 Å². The Kier molecular flexibility index (Phi) is 3.97. The van der Waals surface area contributed by atoms with E-state index >= 15 is 0 Å². The molecular formula is C20H22O4. The molecular weight excluding hydrogens is 304 g/mol. The summed E-state index contributed by atoms with van der Waals surface area (Å²) < 4.78 is 22.0. The van der Waals surface area contributed by atoms with E-state index in [0.717, 1.165) is 35.8 Å². The molecule has 0 fully saturated rings. The summed E-state index contributed by atoms with van der Waals surface area (Å²) in [4.78, 5) is 0. The average molecular weight is 326 g/mol. The van der Waals surface area contributed by atoms with Crippen LogP contribution in [0.15, 0.2) is 36.4 Å². The molecule has 4 rings (SSSR count). The lowest BCUT2D eigenvalue weighted by Crippen LogP contribution is -2.10. The van der Waals surface area contributed by atoms with Crippen molar-refractivity contribution in [3.63, 3.8) is 0 Å². The maximum absolute atomic E-state index is 5.55. The first-order valence-electron chi connectivity index (χ1n) is 8.59. The number of ether oxygens (including phenoxy) is 4. The molecule has 0 N–H and O–H groups in total. The van der Waals surface area contributed by atoms with Crippen molar-refractivity contribution >= 4 is 0 Å². The van der Waals surface area contributed by atoms with Gasteiger partial charge in [-0.25, -0.2) is 0 Å². The van der Waals surface area contributed by atoms with Gasteiger partial charge in [-0.1, -0.05) is 26.0 Å². The van der Waals surface area contributed by atoms with Crippen molar-refractivity contribution in [3.8, 4) is 23.0 Å². The predicted octanol–water partition coefficient (Wildman–Crippen LogP) is 4.83. The normalized spacial score (nSPS) is 16.9. The van der Waals surface area contributed by atoms with E-state index in [2.05, 4.69) is 38.1 Å². The standard InChI is InChI=1S/C20H22O4/c1-3-15(13-5-7-17-19(9-13)23-11-21-17)16(4-2)14-6-8-18-20(10-14)24-12-22-18/h5-10,15-16H,3-4,11-12H2,1-2H3. The molecule has 24 heavy (non-hydrogen) atoms. The molecule has 2 heterocycles. The van der Waals surface area contributed by atoms with Gasteiger partial charge in [0, 0.05) is 0 Å². The summed E-state index contributed by atoms with van der Waals surface area (Å²) in [6.07, 6.45) is 2.12. The minimum atomic E-state index is 0.314. The van der Waals surface area contributed by atoms with Crippen LogP contribution in [-0.4, -0.2) is 13.6 Å². The van der Waals surface area contributed by atoms with E-state index in [9.17, 15) is 0 Å². The molecule has 2 aromatic rings. The summed E-state index contributed by atoms with van der Waals surface area (Å²) in [7, 11) is 0. The third kappa shape index (κ3) is 2.56. The molecule has 2 aromatic carbocycles. The number of hydrogen-bond acceptors (Lipinski definition) is 4. The van der Waals surface area contributed by atoms with Crippen molar-refractivity contribution < 1.29 is 18.9 Å². The first-order valence-corrected chi connectivity index (χ1v) is 8.59. The zero-order valence-corrected chi connectivity index (χ0v) is 14.1. The lowest BCUT2D eigenvalue weighted by Gasteiger charge is -2.26. The first-order chi connectivity index (χ1) is 11.8. The van der Waals surface area contributed by atoms with Gasteiger partial charge < -0.3 is 18.9 Å². The van der Waals surface area contributed by atoms with Crippen LogP contribution in [0, 0.1) is 0 Å². The Morgan fingerprint density at radius 3 is 1.50 bits per heavy atom. The summed E-state index contributed by atoms with van der Waals surface area (Å²) in [5.74, 6) is 4.22. The van der Waals surface area contributed by atoms with Crippen molar-refractivity contribution in [1.82, 2.24) is 0 Å². The molecule has 2 aliphatic heterocycles. The van der Waals surface area contributed by atoms with Gasteiger partial charge in [0.15, 0.2) is 23.0 Å². The Labute approximate surface area is 142 Å². The van der Waals surface area contributed by atoms with Crippen molar-refractivity contribution in [1.29, 1.82) is 0 Å². The molecule has 2 atom stereocenters. The summed E-state index contributed by atoms with van der Waals surface area (Å²) in [6, 6.07) is 12.6. The molecule has 4 nitrogen and oxygen atoms in total. The van der Waals surface area contributed by atoms with Crippen LogP contribution in [0.4, 0.5) is 0 Å². The maximum Gasteiger partial charge on any atom is 0.231 e. The Balaban J connectivity index is 1.67. The van der Waals surface area contributed by atoms with Crippen LogP contribution in [0.25, 0.3) is 0 Å². The highest BCUT2D eigenvalue weighted by Gasteiger charge is 2.26. The van der Waals surface area contributed by atoms with Gasteiger partial charge in [-0.3, -0.25) is 0 Å². The van der Waals surface area contributed by atoms with Crippen LogP contribution in [0.1, 0.15) is 49.7 Å². The SMILES string of the molecule is CCC(c1ccc2c(c1)OCO2)C(CC)c1ccc2c(c1)OCO2. The van der Waals surface area contributed by atoms with Gasteiger partial charge in [0.05, 0.1) is 0 Å². The van der Waals surface area contributed by atoms with Crippen LogP contribution in [0.2, 0.25) is 0 Å². The fraction of sp³-hybridized carbons (Fsp3) is 0.400. The Bertz CT molecular complexity index is 677. The fourth-order valence-corrected chi connectivity index (χ4v) is 3.79. The van der Waals surface area contributed by atoms with Crippen molar-refractivity contribution in [3.05, 3.63) is 47.5 Å². The highest BCUT2D eigenvalue weighted by molar-refractivity contribution is 5.48. The maximum atomic E-state index is 5.55. The topological polar surface area (TPSA) is 36.9 Å². The van der Waals surface area contributed by atoms with E-state index in [1.54, 1.807) is 0 Å². The van der Waals surface area contributed by atoms with Crippen LogP contribution < -0.4 is 18.9 Å². The largest absolute Gasteiger partial charge is 0.454 e. The second-order valence-electron chi connectivity index (χ2n) is 6.25. The van der Waals surface area contributed by atoms with Gasteiger partial charge in [-0.15, -0.1) is 0 Å². The number of hydrogen-bond donors (Lipinski definition) is 0. The van der Waals surface area contributed by atoms with E-state index in [-0.39, 0.29) is 0 Å². The molecule has 0 radical (unpaired) electrons. The minimum absolute atomic E-state index is 0.314. The predicted molar refractivity (Wildman–Crippen MR) is 91.2 cm³/mol. The van der Waals surface area contributed by atoms with Gasteiger partial charge in [0.2, 0.25) is 13.6 Å². The van der Waals surface area contributed by atoms with Gasteiger partial charge in [0.25, 0.3) is 0 Å². The monoisotopic (exact) mass is 326 g/mol. The van der Waals surface area contributed by atoms with E-state index < -0.39 is 0 Å². The highest BCUT2D eigenvalue weighted by atomic mass is 16.7. The lowest BCUT2D eigenvalue weighted by atomic mass is 9.78. The molecule has 0 bridgehead atoms. The average Bonchev–Trinajstić information content (AvgIpc) is 3.26. The second kappa shape index (κ2) is 6.27. The summed E-state index contributed by atoms with van der Waals surface area (Å²) in [5.41, 5.74) is 2.59. The number of fused-ring (bicyclic) bond motifs is 2. The summed E-state index contributed by atoms with van der Waals surface area (Å²) in [6.45, 7) is 5.11. The lowest BCUT2D eigenvalue weighted by molar-refractivity contribution is 0.173. The molecule has 0 aliphatic carbocycles. The molecule has 2 aliphatic rings. The molecule has 0 aromatic heterocycles. The number of rotatable bonds is 5. The smallest absolute Gasteiger partial charge is 0.231 e.